The molecule has 0 unspecified atom stereocenters. The first kappa shape index (κ1) is 7.68. The fourth-order valence-corrected chi connectivity index (χ4v) is 2.03. The van der Waals surface area contributed by atoms with Gasteiger partial charge in [0.15, 0.2) is 0 Å². The van der Waals surface area contributed by atoms with Crippen molar-refractivity contribution in [3.05, 3.63) is 48.0 Å². The zero-order valence-corrected chi connectivity index (χ0v) is 7.77. The number of nitrogens with zero attached hydrogens (tertiary/aromatic N) is 2. The smallest absolute Gasteiger partial charge is 0.115 e. The second-order valence-corrected chi connectivity index (χ2v) is 3.54. The maximum absolute atomic E-state index is 4.31. The SMILES string of the molecule is c1ccc2c(c1)CCc1ncncc1-2. The Morgan fingerprint density at radius 3 is 2.93 bits per heavy atom. The van der Waals surface area contributed by atoms with Crippen molar-refractivity contribution in [3.63, 3.8) is 0 Å². The molecule has 3 rings (SSSR count). The summed E-state index contributed by atoms with van der Waals surface area (Å²) in [6.07, 6.45) is 5.68. The highest BCUT2D eigenvalue weighted by Crippen LogP contribution is 2.30. The molecule has 2 heteroatoms. The molecule has 0 radical (unpaired) electrons. The van der Waals surface area contributed by atoms with Crippen LogP contribution in [0.2, 0.25) is 0 Å². The molecule has 0 saturated heterocycles. The number of aryl methyl sites for hydroxylation is 2. The van der Waals surface area contributed by atoms with Crippen LogP contribution in [-0.2, 0) is 12.8 Å². The standard InChI is InChI=1S/C12H10N2/c1-2-4-10-9(3-1)5-6-12-11(10)7-13-8-14-12/h1-4,7-8H,5-6H2. The molecule has 0 bridgehead atoms. The molecule has 0 atom stereocenters. The van der Waals surface area contributed by atoms with Crippen molar-refractivity contribution in [2.75, 3.05) is 0 Å². The molecule has 1 aliphatic carbocycles. The molecule has 1 aromatic heterocycles. The van der Waals surface area contributed by atoms with Crippen molar-refractivity contribution in [1.82, 2.24) is 9.97 Å². The number of fused-ring (bicyclic) bond motifs is 3. The molecule has 0 saturated carbocycles. The Bertz CT molecular complexity index is 432. The molecule has 2 aromatic rings. The molecule has 1 aliphatic rings. The van der Waals surface area contributed by atoms with E-state index in [4.69, 9.17) is 0 Å². The van der Waals surface area contributed by atoms with Crippen LogP contribution in [0.5, 0.6) is 0 Å². The van der Waals surface area contributed by atoms with E-state index in [1.807, 2.05) is 6.20 Å². The van der Waals surface area contributed by atoms with E-state index in [0.29, 0.717) is 0 Å². The first-order chi connectivity index (χ1) is 6.95. The lowest BCUT2D eigenvalue weighted by Gasteiger charge is -2.17. The summed E-state index contributed by atoms with van der Waals surface area (Å²) < 4.78 is 0. The van der Waals surface area contributed by atoms with Crippen LogP contribution in [0.25, 0.3) is 11.1 Å². The summed E-state index contributed by atoms with van der Waals surface area (Å²) in [5.74, 6) is 0. The van der Waals surface area contributed by atoms with Gasteiger partial charge in [-0.25, -0.2) is 9.97 Å². The summed E-state index contributed by atoms with van der Waals surface area (Å²) in [4.78, 5) is 8.39. The topological polar surface area (TPSA) is 25.8 Å². The minimum Gasteiger partial charge on any atom is -0.244 e. The van der Waals surface area contributed by atoms with Crippen LogP contribution in [0.4, 0.5) is 0 Å². The van der Waals surface area contributed by atoms with E-state index in [-0.39, 0.29) is 0 Å². The van der Waals surface area contributed by atoms with Crippen LogP contribution in [0.1, 0.15) is 11.3 Å². The Labute approximate surface area is 82.7 Å². The molecule has 2 nitrogen and oxygen atoms in total. The number of hydrogen-bond acceptors (Lipinski definition) is 2. The summed E-state index contributed by atoms with van der Waals surface area (Å²) >= 11 is 0. The van der Waals surface area contributed by atoms with E-state index < -0.39 is 0 Å². The molecular weight excluding hydrogens is 172 g/mol. The van der Waals surface area contributed by atoms with Gasteiger partial charge in [-0.05, 0) is 24.0 Å². The summed E-state index contributed by atoms with van der Waals surface area (Å²) in [5, 5.41) is 0. The van der Waals surface area contributed by atoms with Crippen LogP contribution in [0, 0.1) is 0 Å². The van der Waals surface area contributed by atoms with E-state index in [1.54, 1.807) is 6.33 Å². The maximum Gasteiger partial charge on any atom is 0.115 e. The maximum atomic E-state index is 4.31. The monoisotopic (exact) mass is 182 g/mol. The van der Waals surface area contributed by atoms with Crippen molar-refractivity contribution >= 4 is 0 Å². The van der Waals surface area contributed by atoms with Crippen LogP contribution in [0.3, 0.4) is 0 Å². The highest BCUT2D eigenvalue weighted by atomic mass is 14.8. The molecule has 0 spiro atoms. The van der Waals surface area contributed by atoms with Crippen LogP contribution in [-0.4, -0.2) is 9.97 Å². The molecule has 0 aliphatic heterocycles. The predicted molar refractivity (Wildman–Crippen MR) is 54.9 cm³/mol. The predicted octanol–water partition coefficient (Wildman–Crippen LogP) is 2.24. The highest BCUT2D eigenvalue weighted by molar-refractivity contribution is 5.70. The zero-order chi connectivity index (χ0) is 9.38. The van der Waals surface area contributed by atoms with Crippen molar-refractivity contribution in [1.29, 1.82) is 0 Å². The van der Waals surface area contributed by atoms with Gasteiger partial charge in [-0.1, -0.05) is 24.3 Å². The normalized spacial score (nSPS) is 13.1. The van der Waals surface area contributed by atoms with E-state index in [0.717, 1.165) is 12.8 Å². The van der Waals surface area contributed by atoms with Gasteiger partial charge in [0, 0.05) is 11.8 Å². The number of aromatic nitrogens is 2. The minimum absolute atomic E-state index is 1.04. The fourth-order valence-electron chi connectivity index (χ4n) is 2.03. The quantitative estimate of drug-likeness (QED) is 0.624. The molecular formula is C12H10N2. The highest BCUT2D eigenvalue weighted by Gasteiger charge is 2.15. The van der Waals surface area contributed by atoms with Crippen LogP contribution < -0.4 is 0 Å². The third kappa shape index (κ3) is 1.04. The molecule has 68 valence electrons. The number of rotatable bonds is 0. The van der Waals surface area contributed by atoms with Gasteiger partial charge in [-0.15, -0.1) is 0 Å². The van der Waals surface area contributed by atoms with Crippen molar-refractivity contribution in [3.8, 4) is 11.1 Å². The Kier molecular flexibility index (Phi) is 1.60. The van der Waals surface area contributed by atoms with Gasteiger partial charge in [-0.2, -0.15) is 0 Å². The minimum atomic E-state index is 1.04. The lowest BCUT2D eigenvalue weighted by Crippen LogP contribution is -2.05. The summed E-state index contributed by atoms with van der Waals surface area (Å²) in [6.45, 7) is 0. The summed E-state index contributed by atoms with van der Waals surface area (Å²) in [5.41, 5.74) is 5.09. The van der Waals surface area contributed by atoms with Crippen LogP contribution >= 0.6 is 0 Å². The average Bonchev–Trinajstić information content (AvgIpc) is 2.29. The first-order valence-corrected chi connectivity index (χ1v) is 4.82. The largest absolute Gasteiger partial charge is 0.244 e. The van der Waals surface area contributed by atoms with Crippen LogP contribution in [0.15, 0.2) is 36.8 Å². The van der Waals surface area contributed by atoms with E-state index >= 15 is 0 Å². The lowest BCUT2D eigenvalue weighted by molar-refractivity contribution is 0.883. The Morgan fingerprint density at radius 1 is 1.00 bits per heavy atom. The van der Waals surface area contributed by atoms with Gasteiger partial charge < -0.3 is 0 Å². The number of benzene rings is 1. The number of hydrogen-bond donors (Lipinski definition) is 0. The van der Waals surface area contributed by atoms with Gasteiger partial charge in [-0.3, -0.25) is 0 Å². The third-order valence-corrected chi connectivity index (χ3v) is 2.73. The van der Waals surface area contributed by atoms with Gasteiger partial charge in [0.1, 0.15) is 6.33 Å². The molecule has 0 fully saturated rings. The van der Waals surface area contributed by atoms with Crippen molar-refractivity contribution < 1.29 is 0 Å². The van der Waals surface area contributed by atoms with Gasteiger partial charge in [0.2, 0.25) is 0 Å². The first-order valence-electron chi connectivity index (χ1n) is 4.82. The molecule has 0 amide bonds. The fraction of sp³-hybridized carbons (Fsp3) is 0.167. The Balaban J connectivity index is 2.29. The second kappa shape index (κ2) is 2.91. The molecule has 14 heavy (non-hydrogen) atoms. The molecule has 0 N–H and O–H groups in total. The molecule has 1 heterocycles. The Hall–Kier alpha value is -1.70. The van der Waals surface area contributed by atoms with Gasteiger partial charge >= 0.3 is 0 Å². The third-order valence-electron chi connectivity index (χ3n) is 2.73. The summed E-state index contributed by atoms with van der Waals surface area (Å²) in [7, 11) is 0. The van der Waals surface area contributed by atoms with E-state index in [9.17, 15) is 0 Å². The van der Waals surface area contributed by atoms with Gasteiger partial charge in [0.25, 0.3) is 0 Å². The molecule has 1 aromatic carbocycles. The lowest BCUT2D eigenvalue weighted by atomic mass is 9.90. The van der Waals surface area contributed by atoms with E-state index in [1.165, 1.54) is 22.4 Å². The average molecular weight is 182 g/mol. The second-order valence-electron chi connectivity index (χ2n) is 3.54. The van der Waals surface area contributed by atoms with Gasteiger partial charge in [0.05, 0.1) is 5.69 Å². The zero-order valence-electron chi connectivity index (χ0n) is 7.77. The van der Waals surface area contributed by atoms with Crippen molar-refractivity contribution in [2.45, 2.75) is 12.8 Å². The van der Waals surface area contributed by atoms with E-state index in [2.05, 4.69) is 34.2 Å². The van der Waals surface area contributed by atoms with Crippen molar-refractivity contribution in [2.24, 2.45) is 0 Å². The summed E-state index contributed by atoms with van der Waals surface area (Å²) in [6, 6.07) is 8.50. The Morgan fingerprint density at radius 2 is 1.93 bits per heavy atom.